The Kier molecular flexibility index (Phi) is 4.43. The number of hydrogen-bond donors (Lipinski definition) is 2. The van der Waals surface area contributed by atoms with Crippen molar-refractivity contribution in [3.63, 3.8) is 0 Å². The van der Waals surface area contributed by atoms with Gasteiger partial charge in [0, 0.05) is 18.0 Å². The molecule has 2 atom stereocenters. The quantitative estimate of drug-likeness (QED) is 0.770. The molecule has 0 bridgehead atoms. The average Bonchev–Trinajstić information content (AvgIpc) is 2.49. The molecule has 0 saturated carbocycles. The smallest absolute Gasteiger partial charge is 0.0983 e. The maximum absolute atomic E-state index is 10.1. The summed E-state index contributed by atoms with van der Waals surface area (Å²) in [4.78, 5) is 0. The summed E-state index contributed by atoms with van der Waals surface area (Å²) in [6, 6.07) is 0. The highest BCUT2D eigenvalue weighted by Crippen LogP contribution is 2.35. The monoisotopic (exact) mass is 295 g/mol. The number of fused-ring (bicyclic) bond motifs is 1. The summed E-state index contributed by atoms with van der Waals surface area (Å²) in [7, 11) is 0. The van der Waals surface area contributed by atoms with Gasteiger partial charge in [-0.15, -0.1) is 11.6 Å². The third-order valence-corrected chi connectivity index (χ3v) is 4.08. The lowest BCUT2D eigenvalue weighted by atomic mass is 9.88. The number of halogens is 1. The van der Waals surface area contributed by atoms with E-state index in [1.54, 1.807) is 0 Å². The maximum atomic E-state index is 10.1. The lowest BCUT2D eigenvalue weighted by molar-refractivity contribution is -0.134. The van der Waals surface area contributed by atoms with Gasteiger partial charge in [-0.3, -0.25) is 0 Å². The van der Waals surface area contributed by atoms with E-state index in [4.69, 9.17) is 22.1 Å². The number of aliphatic hydroxyl groups excluding tert-OH is 1. The summed E-state index contributed by atoms with van der Waals surface area (Å²) in [5, 5.41) is 10.1. The number of nitrogens with two attached hydrogens (primary N) is 1. The largest absolute Gasteiger partial charge is 0.398 e. The van der Waals surface area contributed by atoms with Crippen molar-refractivity contribution in [2.24, 2.45) is 5.73 Å². The summed E-state index contributed by atoms with van der Waals surface area (Å²) in [6.45, 7) is 5.80. The van der Waals surface area contributed by atoms with Crippen molar-refractivity contribution in [2.45, 2.75) is 45.0 Å². The molecule has 4 heteroatoms. The van der Waals surface area contributed by atoms with Gasteiger partial charge in [-0.25, -0.2) is 0 Å². The molecule has 0 radical (unpaired) electrons. The van der Waals surface area contributed by atoms with E-state index in [1.165, 1.54) is 0 Å². The molecule has 1 aliphatic heterocycles. The Balaban J connectivity index is 2.36. The lowest BCUT2D eigenvalue weighted by Gasteiger charge is -2.40. The van der Waals surface area contributed by atoms with Crippen LogP contribution >= 0.6 is 11.6 Å². The molecule has 2 unspecified atom stereocenters. The molecule has 1 saturated heterocycles. The molecule has 1 fully saturated rings. The fourth-order valence-electron chi connectivity index (χ4n) is 2.51. The molecule has 110 valence electrons. The third-order valence-electron chi connectivity index (χ3n) is 3.93. The molecule has 0 aromatic rings. The number of aliphatic hydroxyl groups is 1. The Morgan fingerprint density at radius 3 is 2.95 bits per heavy atom. The highest BCUT2D eigenvalue weighted by Gasteiger charge is 2.38. The van der Waals surface area contributed by atoms with E-state index in [-0.39, 0.29) is 6.10 Å². The average molecular weight is 296 g/mol. The Bertz CT molecular complexity index is 515. The van der Waals surface area contributed by atoms with Crippen LogP contribution in [0.2, 0.25) is 0 Å². The molecule has 3 nitrogen and oxygen atoms in total. The topological polar surface area (TPSA) is 55.5 Å². The van der Waals surface area contributed by atoms with Crippen molar-refractivity contribution in [3.8, 4) is 0 Å². The second-order valence-electron chi connectivity index (χ2n) is 5.85. The Morgan fingerprint density at radius 2 is 2.30 bits per heavy atom. The molecule has 2 rings (SSSR count). The summed E-state index contributed by atoms with van der Waals surface area (Å²) in [5.41, 5.74) is 9.32. The summed E-state index contributed by atoms with van der Waals surface area (Å²) < 4.78 is 5.97. The maximum Gasteiger partial charge on any atom is 0.0983 e. The predicted molar refractivity (Wildman–Crippen MR) is 82.5 cm³/mol. The van der Waals surface area contributed by atoms with E-state index < -0.39 is 11.7 Å². The number of rotatable bonds is 2. The molecule has 0 aromatic carbocycles. The molecule has 20 heavy (non-hydrogen) atoms. The fraction of sp³-hybridized carbons (Fsp3) is 0.500. The van der Waals surface area contributed by atoms with Crippen molar-refractivity contribution < 1.29 is 9.84 Å². The van der Waals surface area contributed by atoms with Gasteiger partial charge in [0.1, 0.15) is 0 Å². The number of hydrogen-bond acceptors (Lipinski definition) is 3. The van der Waals surface area contributed by atoms with Crippen LogP contribution in [0.15, 0.2) is 46.7 Å². The summed E-state index contributed by atoms with van der Waals surface area (Å²) in [6.07, 6.45) is 7.76. The van der Waals surface area contributed by atoms with Gasteiger partial charge in [0.2, 0.25) is 0 Å². The highest BCUT2D eigenvalue weighted by atomic mass is 35.5. The first kappa shape index (κ1) is 15.4. The minimum Gasteiger partial charge on any atom is -0.398 e. The number of ether oxygens (including phenoxy) is 1. The molecular weight excluding hydrogens is 274 g/mol. The van der Waals surface area contributed by atoms with Gasteiger partial charge < -0.3 is 15.6 Å². The predicted octanol–water partition coefficient (Wildman–Crippen LogP) is 2.81. The zero-order valence-electron chi connectivity index (χ0n) is 12.2. The van der Waals surface area contributed by atoms with Crippen LogP contribution in [0, 0.1) is 0 Å². The normalized spacial score (nSPS) is 29.9. The van der Waals surface area contributed by atoms with E-state index in [9.17, 15) is 5.11 Å². The lowest BCUT2D eigenvalue weighted by Crippen LogP contribution is -2.47. The van der Waals surface area contributed by atoms with Crippen LogP contribution in [0.5, 0.6) is 0 Å². The van der Waals surface area contributed by atoms with Gasteiger partial charge in [0.05, 0.1) is 17.8 Å². The Morgan fingerprint density at radius 1 is 1.60 bits per heavy atom. The van der Waals surface area contributed by atoms with Gasteiger partial charge in [-0.2, -0.15) is 0 Å². The molecule has 0 amide bonds. The molecule has 1 aliphatic carbocycles. The zero-order valence-corrected chi connectivity index (χ0v) is 12.9. The number of allylic oxidation sites excluding steroid dienone is 5. The van der Waals surface area contributed by atoms with Crippen molar-refractivity contribution in [1.29, 1.82) is 0 Å². The summed E-state index contributed by atoms with van der Waals surface area (Å²) in [5.74, 6) is 0.457. The summed E-state index contributed by atoms with van der Waals surface area (Å²) >= 11 is 5.75. The molecule has 0 spiro atoms. The minimum atomic E-state index is -0.549. The molecule has 1 heterocycles. The molecular formula is C16H22ClNO2. The second kappa shape index (κ2) is 5.76. The van der Waals surface area contributed by atoms with E-state index in [0.717, 1.165) is 16.7 Å². The van der Waals surface area contributed by atoms with E-state index in [1.807, 2.05) is 45.1 Å². The van der Waals surface area contributed by atoms with Crippen molar-refractivity contribution in [3.05, 3.63) is 46.7 Å². The van der Waals surface area contributed by atoms with Crippen LogP contribution < -0.4 is 5.73 Å². The number of alkyl halides is 1. The Labute approximate surface area is 125 Å². The minimum absolute atomic E-state index is 0.131. The second-order valence-corrected chi connectivity index (χ2v) is 6.16. The van der Waals surface area contributed by atoms with Gasteiger partial charge in [0.25, 0.3) is 0 Å². The van der Waals surface area contributed by atoms with Gasteiger partial charge in [0.15, 0.2) is 0 Å². The van der Waals surface area contributed by atoms with Crippen LogP contribution in [0.3, 0.4) is 0 Å². The van der Waals surface area contributed by atoms with E-state index in [2.05, 4.69) is 0 Å². The molecule has 0 aromatic heterocycles. The third kappa shape index (κ3) is 3.00. The van der Waals surface area contributed by atoms with Crippen LogP contribution in [0.25, 0.3) is 0 Å². The van der Waals surface area contributed by atoms with Crippen LogP contribution in [0.1, 0.15) is 27.2 Å². The molecule has 2 aliphatic rings. The standard InChI is InChI=1S/C16H22ClNO2/c1-10(6-7-17)12-4-5-14-11(8-13(12)18)9-15(19)16(2,3)20-14/h4-6,8,14-15,19H,7,9,18H2,1-3H3/b10-6-. The van der Waals surface area contributed by atoms with Crippen LogP contribution in [-0.4, -0.2) is 28.8 Å². The molecule has 3 N–H and O–H groups in total. The van der Waals surface area contributed by atoms with Crippen molar-refractivity contribution in [2.75, 3.05) is 5.88 Å². The fourth-order valence-corrected chi connectivity index (χ4v) is 2.74. The first-order chi connectivity index (χ1) is 9.35. The van der Waals surface area contributed by atoms with Crippen molar-refractivity contribution in [1.82, 2.24) is 0 Å². The van der Waals surface area contributed by atoms with E-state index >= 15 is 0 Å². The van der Waals surface area contributed by atoms with Gasteiger partial charge >= 0.3 is 0 Å². The van der Waals surface area contributed by atoms with Gasteiger partial charge in [-0.05, 0) is 43.6 Å². The van der Waals surface area contributed by atoms with Crippen molar-refractivity contribution >= 4 is 11.6 Å². The SMILES string of the molecule is C/C(=C/CCl)C1=C(N)C=C2CC(O)C(C)(C)OC2C=C1. The van der Waals surface area contributed by atoms with Crippen LogP contribution in [-0.2, 0) is 4.74 Å². The Hall–Kier alpha value is -1.03. The van der Waals surface area contributed by atoms with Crippen LogP contribution in [0.4, 0.5) is 0 Å². The zero-order chi connectivity index (χ0) is 14.9. The van der Waals surface area contributed by atoms with Gasteiger partial charge in [-0.1, -0.05) is 18.2 Å². The first-order valence-electron chi connectivity index (χ1n) is 6.82. The van der Waals surface area contributed by atoms with E-state index in [0.29, 0.717) is 18.0 Å². The highest BCUT2D eigenvalue weighted by molar-refractivity contribution is 6.19. The first-order valence-corrected chi connectivity index (χ1v) is 7.36.